The second kappa shape index (κ2) is 8.78. The third-order valence-corrected chi connectivity index (χ3v) is 5.09. The number of hydrogen-bond acceptors (Lipinski definition) is 4. The van der Waals surface area contributed by atoms with Gasteiger partial charge in [0.25, 0.3) is 5.91 Å². The van der Waals surface area contributed by atoms with Crippen molar-refractivity contribution in [2.75, 3.05) is 0 Å². The molecule has 2 unspecified atom stereocenters. The zero-order valence-electron chi connectivity index (χ0n) is 16.8. The molecule has 3 aromatic rings. The fourth-order valence-electron chi connectivity index (χ4n) is 3.11. The minimum atomic E-state index is -0.137. The van der Waals surface area contributed by atoms with Gasteiger partial charge in [0.1, 0.15) is 12.7 Å². The van der Waals surface area contributed by atoms with Crippen LogP contribution in [0, 0.1) is 5.92 Å². The van der Waals surface area contributed by atoms with Gasteiger partial charge in [0.05, 0.1) is 11.6 Å². The largest absolute Gasteiger partial charge is 0.345 e. The number of nitrogens with one attached hydrogen (secondary N) is 1. The van der Waals surface area contributed by atoms with Crippen LogP contribution in [0.25, 0.3) is 5.82 Å². The maximum Gasteiger partial charge on any atom is 0.253 e. The fraction of sp³-hybridized carbons (Fsp3) is 0.364. The Morgan fingerprint density at radius 2 is 1.79 bits per heavy atom. The van der Waals surface area contributed by atoms with E-state index in [1.54, 1.807) is 29.3 Å². The highest BCUT2D eigenvalue weighted by Crippen LogP contribution is 2.25. The van der Waals surface area contributed by atoms with Gasteiger partial charge in [0.2, 0.25) is 0 Å². The molecule has 1 N–H and O–H groups in total. The molecular weight excluding hydrogens is 350 g/mol. The van der Waals surface area contributed by atoms with Crippen molar-refractivity contribution >= 4 is 5.91 Å². The summed E-state index contributed by atoms with van der Waals surface area (Å²) in [6, 6.07) is 12.0. The van der Waals surface area contributed by atoms with Crippen LogP contribution in [-0.4, -0.2) is 25.7 Å². The molecule has 28 heavy (non-hydrogen) atoms. The SMILES string of the molecule is CCC(C)c1ccc(C(NC(=O)c2ccc(-n3cncn3)nc2)C(C)C)cc1. The van der Waals surface area contributed by atoms with Gasteiger partial charge in [-0.15, -0.1) is 0 Å². The molecule has 2 heterocycles. The maximum absolute atomic E-state index is 12.8. The number of carbonyl (C=O) groups is 1. The van der Waals surface area contributed by atoms with Crippen LogP contribution in [0.5, 0.6) is 0 Å². The molecule has 2 atom stereocenters. The van der Waals surface area contributed by atoms with Crippen molar-refractivity contribution in [2.24, 2.45) is 5.92 Å². The lowest BCUT2D eigenvalue weighted by Crippen LogP contribution is -2.31. The third kappa shape index (κ3) is 4.44. The van der Waals surface area contributed by atoms with E-state index < -0.39 is 0 Å². The Kier molecular flexibility index (Phi) is 6.19. The summed E-state index contributed by atoms with van der Waals surface area (Å²) in [6.07, 6.45) is 5.69. The van der Waals surface area contributed by atoms with E-state index in [0.717, 1.165) is 12.0 Å². The highest BCUT2D eigenvalue weighted by atomic mass is 16.1. The van der Waals surface area contributed by atoms with Crippen LogP contribution in [0.15, 0.2) is 55.2 Å². The summed E-state index contributed by atoms with van der Waals surface area (Å²) in [5.74, 6) is 1.29. The van der Waals surface area contributed by atoms with Crippen molar-refractivity contribution in [2.45, 2.75) is 46.1 Å². The van der Waals surface area contributed by atoms with Gasteiger partial charge in [-0.2, -0.15) is 5.10 Å². The average molecular weight is 377 g/mol. The fourth-order valence-corrected chi connectivity index (χ4v) is 3.11. The molecule has 6 heteroatoms. The van der Waals surface area contributed by atoms with Crippen molar-refractivity contribution in [1.29, 1.82) is 0 Å². The van der Waals surface area contributed by atoms with Gasteiger partial charge < -0.3 is 5.32 Å². The van der Waals surface area contributed by atoms with Crippen molar-refractivity contribution in [3.8, 4) is 5.82 Å². The van der Waals surface area contributed by atoms with Gasteiger partial charge in [0, 0.05) is 6.20 Å². The van der Waals surface area contributed by atoms with Gasteiger partial charge >= 0.3 is 0 Å². The average Bonchev–Trinajstić information content (AvgIpc) is 3.26. The van der Waals surface area contributed by atoms with E-state index in [0.29, 0.717) is 17.3 Å². The number of benzene rings is 1. The molecule has 0 bridgehead atoms. The monoisotopic (exact) mass is 377 g/mol. The second-order valence-corrected chi connectivity index (χ2v) is 7.42. The Balaban J connectivity index is 1.74. The second-order valence-electron chi connectivity index (χ2n) is 7.42. The van der Waals surface area contributed by atoms with Crippen LogP contribution >= 0.6 is 0 Å². The van der Waals surface area contributed by atoms with E-state index in [-0.39, 0.29) is 17.9 Å². The van der Waals surface area contributed by atoms with E-state index in [1.807, 2.05) is 0 Å². The lowest BCUT2D eigenvalue weighted by molar-refractivity contribution is 0.0925. The van der Waals surface area contributed by atoms with Gasteiger partial charge in [-0.1, -0.05) is 52.0 Å². The number of carbonyl (C=O) groups excluding carboxylic acids is 1. The first-order valence-electron chi connectivity index (χ1n) is 9.71. The Labute approximate surface area is 166 Å². The van der Waals surface area contributed by atoms with Crippen LogP contribution in [0.3, 0.4) is 0 Å². The summed E-state index contributed by atoms with van der Waals surface area (Å²) in [5, 5.41) is 7.19. The summed E-state index contributed by atoms with van der Waals surface area (Å²) in [5.41, 5.74) is 2.96. The standard InChI is InChI=1S/C22H27N5O/c1-5-16(4)17-6-8-18(9-7-17)21(15(2)3)26-22(28)19-10-11-20(24-12-19)27-14-23-13-25-27/h6-16,21H,5H2,1-4H3,(H,26,28). The van der Waals surface area contributed by atoms with Gasteiger partial charge in [-0.3, -0.25) is 4.79 Å². The van der Waals surface area contributed by atoms with Gasteiger partial charge in [-0.25, -0.2) is 14.6 Å². The van der Waals surface area contributed by atoms with Crippen LogP contribution in [0.4, 0.5) is 0 Å². The molecular formula is C22H27N5O. The zero-order chi connectivity index (χ0) is 20.1. The number of rotatable bonds is 7. The molecule has 2 aromatic heterocycles. The van der Waals surface area contributed by atoms with Crippen molar-refractivity contribution in [3.05, 3.63) is 71.9 Å². The predicted octanol–water partition coefficient (Wildman–Crippen LogP) is 4.30. The lowest BCUT2D eigenvalue weighted by Gasteiger charge is -2.23. The number of amides is 1. The van der Waals surface area contributed by atoms with Crippen LogP contribution in [0.1, 0.15) is 67.6 Å². The van der Waals surface area contributed by atoms with E-state index in [9.17, 15) is 4.79 Å². The number of aromatic nitrogens is 4. The molecule has 0 aliphatic rings. The Hall–Kier alpha value is -3.02. The maximum atomic E-state index is 12.8. The molecule has 1 amide bonds. The van der Waals surface area contributed by atoms with E-state index in [2.05, 4.69) is 72.3 Å². The number of pyridine rings is 1. The van der Waals surface area contributed by atoms with Gasteiger partial charge in [-0.05, 0) is 41.5 Å². The van der Waals surface area contributed by atoms with E-state index in [4.69, 9.17) is 0 Å². The molecule has 0 fully saturated rings. The first-order chi connectivity index (χ1) is 13.5. The van der Waals surface area contributed by atoms with Crippen LogP contribution in [0.2, 0.25) is 0 Å². The topological polar surface area (TPSA) is 72.7 Å². The molecule has 0 saturated carbocycles. The lowest BCUT2D eigenvalue weighted by atomic mass is 9.92. The first-order valence-corrected chi connectivity index (χ1v) is 9.71. The van der Waals surface area contributed by atoms with Crippen LogP contribution in [-0.2, 0) is 0 Å². The molecule has 0 radical (unpaired) electrons. The first kappa shape index (κ1) is 19.7. The molecule has 1 aromatic carbocycles. The molecule has 0 saturated heterocycles. The molecule has 0 aliphatic carbocycles. The molecule has 3 rings (SSSR count). The minimum Gasteiger partial charge on any atom is -0.345 e. The van der Waals surface area contributed by atoms with Gasteiger partial charge in [0.15, 0.2) is 5.82 Å². The summed E-state index contributed by atoms with van der Waals surface area (Å²) >= 11 is 0. The summed E-state index contributed by atoms with van der Waals surface area (Å²) in [6.45, 7) is 8.64. The third-order valence-electron chi connectivity index (χ3n) is 5.09. The van der Waals surface area contributed by atoms with Crippen molar-refractivity contribution in [3.63, 3.8) is 0 Å². The van der Waals surface area contributed by atoms with E-state index in [1.165, 1.54) is 11.9 Å². The van der Waals surface area contributed by atoms with Crippen LogP contribution < -0.4 is 5.32 Å². The molecule has 146 valence electrons. The predicted molar refractivity (Wildman–Crippen MR) is 109 cm³/mol. The molecule has 0 aliphatic heterocycles. The molecule has 6 nitrogen and oxygen atoms in total. The summed E-state index contributed by atoms with van der Waals surface area (Å²) in [7, 11) is 0. The summed E-state index contributed by atoms with van der Waals surface area (Å²) < 4.78 is 1.55. The Bertz CT molecular complexity index is 886. The quantitative estimate of drug-likeness (QED) is 0.666. The smallest absolute Gasteiger partial charge is 0.253 e. The highest BCUT2D eigenvalue weighted by molar-refractivity contribution is 5.94. The van der Waals surface area contributed by atoms with E-state index >= 15 is 0 Å². The summed E-state index contributed by atoms with van der Waals surface area (Å²) in [4.78, 5) is 21.0. The highest BCUT2D eigenvalue weighted by Gasteiger charge is 2.20. The Morgan fingerprint density at radius 1 is 1.07 bits per heavy atom. The molecule has 0 spiro atoms. The van der Waals surface area contributed by atoms with Crippen molar-refractivity contribution in [1.82, 2.24) is 25.1 Å². The number of nitrogens with zero attached hydrogens (tertiary/aromatic N) is 4. The normalized spacial score (nSPS) is 13.3. The number of hydrogen-bond donors (Lipinski definition) is 1. The van der Waals surface area contributed by atoms with Crippen molar-refractivity contribution < 1.29 is 4.79 Å². The Morgan fingerprint density at radius 3 is 2.32 bits per heavy atom. The minimum absolute atomic E-state index is 0.0616. The zero-order valence-corrected chi connectivity index (χ0v) is 16.8.